The van der Waals surface area contributed by atoms with Crippen molar-refractivity contribution in [1.82, 2.24) is 0 Å². The van der Waals surface area contributed by atoms with E-state index in [4.69, 9.17) is 0 Å². The van der Waals surface area contributed by atoms with Crippen LogP contribution >= 0.6 is 0 Å². The van der Waals surface area contributed by atoms with E-state index in [9.17, 15) is 23.3 Å². The van der Waals surface area contributed by atoms with Gasteiger partial charge in [-0.25, -0.2) is 8.42 Å². The summed E-state index contributed by atoms with van der Waals surface area (Å²) < 4.78 is 27.4. The van der Waals surface area contributed by atoms with E-state index in [-0.39, 0.29) is 21.8 Å². The van der Waals surface area contributed by atoms with Crippen molar-refractivity contribution in [3.8, 4) is 0 Å². The summed E-state index contributed by atoms with van der Waals surface area (Å²) >= 11 is 0. The van der Waals surface area contributed by atoms with Crippen LogP contribution in [-0.2, 0) is 10.0 Å². The quantitative estimate of drug-likeness (QED) is 0.463. The first-order valence-electron chi connectivity index (χ1n) is 8.67. The van der Waals surface area contributed by atoms with E-state index in [1.54, 1.807) is 36.4 Å². The summed E-state index contributed by atoms with van der Waals surface area (Å²) in [6, 6.07) is 17.5. The summed E-state index contributed by atoms with van der Waals surface area (Å²) in [7, 11) is -4.21. The van der Waals surface area contributed by atoms with Crippen LogP contribution in [0.15, 0.2) is 77.7 Å². The number of nitro benzene ring substituents is 1. The second-order valence-electron chi connectivity index (χ2n) is 6.53. The summed E-state index contributed by atoms with van der Waals surface area (Å²) in [5, 5.41) is 10.9. The molecule has 3 rings (SSSR count). The van der Waals surface area contributed by atoms with Gasteiger partial charge in [-0.2, -0.15) is 4.31 Å². The number of non-ortho nitro benzene ring substituents is 1. The number of benzene rings is 3. The van der Waals surface area contributed by atoms with Gasteiger partial charge in [0, 0.05) is 17.7 Å². The first-order valence-corrected chi connectivity index (χ1v) is 10.1. The molecule has 1 amide bonds. The van der Waals surface area contributed by atoms with Gasteiger partial charge in [0.25, 0.3) is 21.6 Å². The Bertz CT molecular complexity index is 1150. The fraction of sp³-hybridized carbons (Fsp3) is 0.0952. The zero-order valence-electron chi connectivity index (χ0n) is 15.8. The van der Waals surface area contributed by atoms with Crippen LogP contribution in [0.25, 0.3) is 0 Å². The first-order chi connectivity index (χ1) is 13.7. The average Bonchev–Trinajstić information content (AvgIpc) is 2.70. The third-order valence-electron chi connectivity index (χ3n) is 4.34. The average molecular weight is 410 g/mol. The standard InChI is InChI=1S/C21H18N2O5S/c1-15-3-9-18(10-4-15)22(29(27,28)20-13-5-16(2)6-14-20)21(24)17-7-11-19(12-8-17)23(25)26/h3-14H,1-2H3. The van der Waals surface area contributed by atoms with Gasteiger partial charge in [0.15, 0.2) is 0 Å². The lowest BCUT2D eigenvalue weighted by Crippen LogP contribution is -2.37. The van der Waals surface area contributed by atoms with E-state index in [1.165, 1.54) is 36.4 Å². The molecule has 0 heterocycles. The van der Waals surface area contributed by atoms with Crippen molar-refractivity contribution in [3.63, 3.8) is 0 Å². The third kappa shape index (κ3) is 4.17. The lowest BCUT2D eigenvalue weighted by atomic mass is 10.2. The molecule has 0 aliphatic heterocycles. The molecule has 0 spiro atoms. The molecule has 29 heavy (non-hydrogen) atoms. The number of hydrogen-bond donors (Lipinski definition) is 0. The molecule has 148 valence electrons. The van der Waals surface area contributed by atoms with Crippen LogP contribution in [0, 0.1) is 24.0 Å². The number of carbonyl (C=O) groups is 1. The number of sulfonamides is 1. The summed E-state index contributed by atoms with van der Waals surface area (Å²) in [6.45, 7) is 3.68. The number of aryl methyl sites for hydroxylation is 2. The predicted octanol–water partition coefficient (Wildman–Crippen LogP) is 4.25. The molecule has 0 saturated heterocycles. The Morgan fingerprint density at radius 1 is 0.828 bits per heavy atom. The van der Waals surface area contributed by atoms with Crippen LogP contribution in [-0.4, -0.2) is 19.2 Å². The highest BCUT2D eigenvalue weighted by atomic mass is 32.2. The normalized spacial score (nSPS) is 11.1. The van der Waals surface area contributed by atoms with Gasteiger partial charge in [0.2, 0.25) is 0 Å². The van der Waals surface area contributed by atoms with Crippen LogP contribution in [0.2, 0.25) is 0 Å². The zero-order valence-corrected chi connectivity index (χ0v) is 16.6. The third-order valence-corrected chi connectivity index (χ3v) is 6.06. The van der Waals surface area contributed by atoms with Crippen molar-refractivity contribution in [2.75, 3.05) is 4.31 Å². The van der Waals surface area contributed by atoms with Gasteiger partial charge in [-0.1, -0.05) is 35.4 Å². The maximum Gasteiger partial charge on any atom is 0.272 e. The molecule has 0 fully saturated rings. The predicted molar refractivity (Wildman–Crippen MR) is 109 cm³/mol. The number of nitrogens with zero attached hydrogens (tertiary/aromatic N) is 2. The molecule has 0 N–H and O–H groups in total. The van der Waals surface area contributed by atoms with Crippen molar-refractivity contribution >= 4 is 27.3 Å². The van der Waals surface area contributed by atoms with Crippen molar-refractivity contribution in [3.05, 3.63) is 99.6 Å². The molecular weight excluding hydrogens is 392 g/mol. The Labute approximate surface area is 168 Å². The molecule has 0 saturated carbocycles. The SMILES string of the molecule is Cc1ccc(N(C(=O)c2ccc([N+](=O)[O-])cc2)S(=O)(=O)c2ccc(C)cc2)cc1. The van der Waals surface area contributed by atoms with Gasteiger partial charge in [-0.15, -0.1) is 0 Å². The van der Waals surface area contributed by atoms with Gasteiger partial charge < -0.3 is 0 Å². The van der Waals surface area contributed by atoms with E-state index >= 15 is 0 Å². The van der Waals surface area contributed by atoms with E-state index in [2.05, 4.69) is 0 Å². The second-order valence-corrected chi connectivity index (χ2v) is 8.31. The molecule has 0 atom stereocenters. The van der Waals surface area contributed by atoms with Crippen LogP contribution in [0.4, 0.5) is 11.4 Å². The van der Waals surface area contributed by atoms with Gasteiger partial charge in [0.1, 0.15) is 0 Å². The minimum atomic E-state index is -4.21. The summed E-state index contributed by atoms with van der Waals surface area (Å²) in [6.07, 6.45) is 0. The number of nitro groups is 1. The summed E-state index contributed by atoms with van der Waals surface area (Å²) in [4.78, 5) is 23.4. The molecule has 0 unspecified atom stereocenters. The fourth-order valence-electron chi connectivity index (χ4n) is 2.70. The summed E-state index contributed by atoms with van der Waals surface area (Å²) in [5.41, 5.74) is 1.80. The molecule has 3 aromatic rings. The number of carbonyl (C=O) groups excluding carboxylic acids is 1. The Morgan fingerprint density at radius 3 is 1.79 bits per heavy atom. The maximum atomic E-state index is 13.3. The van der Waals surface area contributed by atoms with Crippen molar-refractivity contribution in [1.29, 1.82) is 0 Å². The van der Waals surface area contributed by atoms with Gasteiger partial charge in [-0.3, -0.25) is 14.9 Å². The number of anilines is 1. The lowest BCUT2D eigenvalue weighted by molar-refractivity contribution is -0.384. The molecule has 8 heteroatoms. The molecule has 7 nitrogen and oxygen atoms in total. The largest absolute Gasteiger partial charge is 0.272 e. The van der Waals surface area contributed by atoms with Crippen molar-refractivity contribution in [2.45, 2.75) is 18.7 Å². The zero-order chi connectivity index (χ0) is 21.2. The molecule has 3 aromatic carbocycles. The smallest absolute Gasteiger partial charge is 0.268 e. The first kappa shape index (κ1) is 20.2. The van der Waals surface area contributed by atoms with Gasteiger partial charge in [0.05, 0.1) is 15.5 Å². The number of hydrogen-bond acceptors (Lipinski definition) is 5. The van der Waals surface area contributed by atoms with Crippen LogP contribution in [0.5, 0.6) is 0 Å². The highest BCUT2D eigenvalue weighted by Gasteiger charge is 2.32. The fourth-order valence-corrected chi connectivity index (χ4v) is 4.12. The molecule has 0 aliphatic rings. The van der Waals surface area contributed by atoms with E-state index in [0.717, 1.165) is 15.4 Å². The summed E-state index contributed by atoms with van der Waals surface area (Å²) in [5.74, 6) is -0.802. The minimum Gasteiger partial charge on any atom is -0.268 e. The Hall–Kier alpha value is -3.52. The number of amides is 1. The van der Waals surface area contributed by atoms with Crippen LogP contribution in [0.1, 0.15) is 21.5 Å². The second kappa shape index (κ2) is 7.84. The molecule has 0 aliphatic carbocycles. The Kier molecular flexibility index (Phi) is 5.47. The van der Waals surface area contributed by atoms with Gasteiger partial charge >= 0.3 is 0 Å². The highest BCUT2D eigenvalue weighted by Crippen LogP contribution is 2.27. The topological polar surface area (TPSA) is 97.6 Å². The molecule has 0 bridgehead atoms. The van der Waals surface area contributed by atoms with Gasteiger partial charge in [-0.05, 0) is 50.2 Å². The van der Waals surface area contributed by atoms with E-state index in [1.807, 2.05) is 13.8 Å². The Morgan fingerprint density at radius 2 is 1.31 bits per heavy atom. The monoisotopic (exact) mass is 410 g/mol. The number of rotatable bonds is 5. The van der Waals surface area contributed by atoms with Crippen molar-refractivity contribution < 1.29 is 18.1 Å². The lowest BCUT2D eigenvalue weighted by Gasteiger charge is -2.23. The van der Waals surface area contributed by atoms with Crippen LogP contribution in [0.3, 0.4) is 0 Å². The molecule has 0 aromatic heterocycles. The Balaban J connectivity index is 2.12. The highest BCUT2D eigenvalue weighted by molar-refractivity contribution is 7.93. The molecular formula is C21H18N2O5S. The minimum absolute atomic E-state index is 0.0202. The van der Waals surface area contributed by atoms with E-state index < -0.39 is 20.9 Å². The van der Waals surface area contributed by atoms with E-state index in [0.29, 0.717) is 0 Å². The van der Waals surface area contributed by atoms with Crippen molar-refractivity contribution in [2.24, 2.45) is 0 Å². The molecule has 0 radical (unpaired) electrons. The van der Waals surface area contributed by atoms with Crippen LogP contribution < -0.4 is 4.31 Å². The maximum absolute atomic E-state index is 13.3.